The minimum atomic E-state index is -0.903. The predicted octanol–water partition coefficient (Wildman–Crippen LogP) is 6.46. The second-order valence-electron chi connectivity index (χ2n) is 12.2. The van der Waals surface area contributed by atoms with Crippen LogP contribution in [0.1, 0.15) is 62.7 Å². The average molecular weight is 627 g/mol. The van der Waals surface area contributed by atoms with Gasteiger partial charge in [-0.15, -0.1) is 0 Å². The van der Waals surface area contributed by atoms with Gasteiger partial charge in [0.15, 0.2) is 11.6 Å². The summed E-state index contributed by atoms with van der Waals surface area (Å²) in [4.78, 5) is 48.6. The maximum absolute atomic E-state index is 14.0. The molecule has 4 N–H and O–H groups in total. The number of amides is 2. The highest BCUT2D eigenvalue weighted by Gasteiger charge is 2.36. The molecule has 5 rings (SSSR count). The topological polar surface area (TPSA) is 156 Å². The zero-order chi connectivity index (χ0) is 33.5. The van der Waals surface area contributed by atoms with Crippen molar-refractivity contribution in [2.45, 2.75) is 48.0 Å². The van der Waals surface area contributed by atoms with Crippen molar-refractivity contribution in [1.29, 1.82) is 0 Å². The van der Waals surface area contributed by atoms with Crippen LogP contribution in [0.5, 0.6) is 17.4 Å². The molecule has 0 aliphatic rings. The molecular formula is C34H35FN6O5. The number of halogens is 1. The molecule has 0 radical (unpaired) electrons. The number of rotatable bonds is 8. The number of imide groups is 1. The monoisotopic (exact) mass is 626 g/mol. The fourth-order valence-electron chi connectivity index (χ4n) is 4.83. The number of hydrogen-bond donors (Lipinski definition) is 3. The maximum Gasteiger partial charge on any atom is 0.239 e. The van der Waals surface area contributed by atoms with E-state index in [-0.39, 0.29) is 40.1 Å². The average Bonchev–Trinajstić information content (AvgIpc) is 3.60. The first kappa shape index (κ1) is 31.9. The van der Waals surface area contributed by atoms with Gasteiger partial charge < -0.3 is 20.6 Å². The third kappa shape index (κ3) is 5.93. The van der Waals surface area contributed by atoms with E-state index < -0.39 is 34.7 Å². The van der Waals surface area contributed by atoms with Crippen molar-refractivity contribution >= 4 is 40.0 Å². The molecule has 3 heterocycles. The van der Waals surface area contributed by atoms with Crippen molar-refractivity contribution in [2.75, 3.05) is 10.6 Å². The number of nitrogens with zero attached hydrogens (tertiary/aromatic N) is 4. The number of aromatic hydroxyl groups is 1. The van der Waals surface area contributed by atoms with E-state index in [1.165, 1.54) is 41.3 Å². The zero-order valence-electron chi connectivity index (χ0n) is 26.4. The number of aryl methyl sites for hydroxylation is 1. The van der Waals surface area contributed by atoms with Gasteiger partial charge in [-0.25, -0.2) is 19.0 Å². The van der Waals surface area contributed by atoms with Crippen molar-refractivity contribution in [3.05, 3.63) is 83.6 Å². The number of nitrogens with two attached hydrogens (primary N) is 1. The number of anilines is 2. The minimum absolute atomic E-state index is 0.0244. The van der Waals surface area contributed by atoms with Crippen LogP contribution in [0.15, 0.2) is 60.9 Å². The molecule has 0 aliphatic carbocycles. The summed E-state index contributed by atoms with van der Waals surface area (Å²) in [5, 5.41) is 15.8. The summed E-state index contributed by atoms with van der Waals surface area (Å²) < 4.78 is 21.0. The highest BCUT2D eigenvalue weighted by Crippen LogP contribution is 2.37. The van der Waals surface area contributed by atoms with Crippen LogP contribution in [0.3, 0.4) is 0 Å². The van der Waals surface area contributed by atoms with E-state index in [1.54, 1.807) is 58.9 Å². The van der Waals surface area contributed by atoms with Gasteiger partial charge in [0, 0.05) is 28.3 Å². The molecular weight excluding hydrogens is 591 g/mol. The highest BCUT2D eigenvalue weighted by atomic mass is 19.1. The molecule has 5 aromatic rings. The lowest BCUT2D eigenvalue weighted by Gasteiger charge is -2.30. The van der Waals surface area contributed by atoms with Gasteiger partial charge in [-0.2, -0.15) is 5.10 Å². The second-order valence-corrected chi connectivity index (χ2v) is 12.2. The highest BCUT2D eigenvalue weighted by molar-refractivity contribution is 6.19. The first-order chi connectivity index (χ1) is 21.7. The standard InChI is InChI=1S/C34H35FN6O5/c1-7-18(2)32(44)40(33(45)34(4,5)6)25-15-23-20(14-27(25)42)13-24(39-23)30(43)21-16-38-41(31(21)36)26-17-37-29(12-19(26)3)46-28-11-9-8-10-22(28)35/h8-18,39,42H,7,36H2,1-6H3. The molecule has 0 bridgehead atoms. The maximum atomic E-state index is 14.0. The normalized spacial score (nSPS) is 12.2. The van der Waals surface area contributed by atoms with Crippen LogP contribution >= 0.6 is 0 Å². The van der Waals surface area contributed by atoms with Crippen LogP contribution in [0, 0.1) is 24.1 Å². The predicted molar refractivity (Wildman–Crippen MR) is 172 cm³/mol. The Morgan fingerprint density at radius 2 is 1.85 bits per heavy atom. The fraction of sp³-hybridized carbons (Fsp3) is 0.265. The molecule has 46 heavy (non-hydrogen) atoms. The molecule has 238 valence electrons. The third-order valence-corrected chi connectivity index (χ3v) is 7.69. The second kappa shape index (κ2) is 12.1. The Labute approximate surface area is 264 Å². The molecule has 0 fully saturated rings. The van der Waals surface area contributed by atoms with Crippen LogP contribution < -0.4 is 15.4 Å². The molecule has 1 unspecified atom stereocenters. The molecule has 12 heteroatoms. The van der Waals surface area contributed by atoms with Crippen LogP contribution in [0.2, 0.25) is 0 Å². The van der Waals surface area contributed by atoms with Crippen molar-refractivity contribution < 1.29 is 28.6 Å². The summed E-state index contributed by atoms with van der Waals surface area (Å²) in [6.45, 7) is 10.4. The number of nitrogen functional groups attached to an aromatic ring is 1. The number of H-pyrrole nitrogens is 1. The molecule has 0 spiro atoms. The number of hydrogen-bond acceptors (Lipinski definition) is 8. The van der Waals surface area contributed by atoms with E-state index >= 15 is 0 Å². The molecule has 0 saturated heterocycles. The lowest BCUT2D eigenvalue weighted by atomic mass is 9.93. The van der Waals surface area contributed by atoms with Crippen molar-refractivity contribution in [3.63, 3.8) is 0 Å². The van der Waals surface area contributed by atoms with E-state index in [0.29, 0.717) is 28.6 Å². The molecule has 0 saturated carbocycles. The number of phenols is 1. The SMILES string of the molecule is CCC(C)C(=O)N(C(=O)C(C)(C)C)c1cc2[nH]c(C(=O)c3cnn(-c4cnc(Oc5ccccc5F)cc4C)c3N)cc2cc1O. The van der Waals surface area contributed by atoms with E-state index in [2.05, 4.69) is 15.1 Å². The van der Waals surface area contributed by atoms with Crippen LogP contribution in [0.4, 0.5) is 15.9 Å². The number of ketones is 1. The number of carbonyl (C=O) groups is 3. The lowest BCUT2D eigenvalue weighted by molar-refractivity contribution is -0.132. The van der Waals surface area contributed by atoms with E-state index in [0.717, 1.165) is 4.90 Å². The number of phenolic OH excluding ortho intramolecular Hbond substituents is 1. The Balaban J connectivity index is 1.46. The summed E-state index contributed by atoms with van der Waals surface area (Å²) in [7, 11) is 0. The number of fused-ring (bicyclic) bond motifs is 1. The Kier molecular flexibility index (Phi) is 8.40. The summed E-state index contributed by atoms with van der Waals surface area (Å²) in [5.41, 5.74) is 7.35. The smallest absolute Gasteiger partial charge is 0.239 e. The Hall–Kier alpha value is -5.52. The van der Waals surface area contributed by atoms with Gasteiger partial charge >= 0.3 is 0 Å². The van der Waals surface area contributed by atoms with Gasteiger partial charge in [0.2, 0.25) is 23.5 Å². The fourth-order valence-corrected chi connectivity index (χ4v) is 4.83. The molecule has 1 atom stereocenters. The van der Waals surface area contributed by atoms with Crippen LogP contribution in [-0.4, -0.2) is 42.5 Å². The van der Waals surface area contributed by atoms with Gasteiger partial charge in [-0.3, -0.25) is 14.4 Å². The Bertz CT molecular complexity index is 1990. The summed E-state index contributed by atoms with van der Waals surface area (Å²) in [6, 6.07) is 12.0. The molecule has 2 aromatic carbocycles. The number of aromatic nitrogens is 4. The van der Waals surface area contributed by atoms with E-state index in [9.17, 15) is 23.9 Å². The largest absolute Gasteiger partial charge is 0.506 e. The third-order valence-electron chi connectivity index (χ3n) is 7.69. The Morgan fingerprint density at radius 1 is 1.13 bits per heavy atom. The number of pyridine rings is 1. The summed E-state index contributed by atoms with van der Waals surface area (Å²) >= 11 is 0. The Morgan fingerprint density at radius 3 is 2.50 bits per heavy atom. The lowest BCUT2D eigenvalue weighted by Crippen LogP contribution is -2.46. The first-order valence-corrected chi connectivity index (χ1v) is 14.7. The molecule has 2 amide bonds. The minimum Gasteiger partial charge on any atom is -0.506 e. The van der Waals surface area contributed by atoms with Crippen molar-refractivity contribution in [3.8, 4) is 23.1 Å². The number of benzene rings is 2. The molecule has 11 nitrogen and oxygen atoms in total. The summed E-state index contributed by atoms with van der Waals surface area (Å²) in [6.07, 6.45) is 3.30. The number of nitrogens with one attached hydrogen (secondary N) is 1. The number of aromatic amines is 1. The number of carbonyl (C=O) groups excluding carboxylic acids is 3. The zero-order valence-corrected chi connectivity index (χ0v) is 26.4. The summed E-state index contributed by atoms with van der Waals surface area (Å²) in [5.74, 6) is -2.38. The molecule has 0 aliphatic heterocycles. The van der Waals surface area contributed by atoms with Gasteiger partial charge in [0.25, 0.3) is 0 Å². The van der Waals surface area contributed by atoms with Crippen molar-refractivity contribution in [1.82, 2.24) is 19.7 Å². The number of ether oxygens (including phenoxy) is 1. The van der Waals surface area contributed by atoms with E-state index in [4.69, 9.17) is 10.5 Å². The molecule has 3 aromatic heterocycles. The van der Waals surface area contributed by atoms with Gasteiger partial charge in [0.1, 0.15) is 11.6 Å². The van der Waals surface area contributed by atoms with Crippen LogP contribution in [0.25, 0.3) is 16.6 Å². The van der Waals surface area contributed by atoms with E-state index in [1.807, 2.05) is 6.92 Å². The van der Waals surface area contributed by atoms with Gasteiger partial charge in [-0.1, -0.05) is 46.8 Å². The van der Waals surface area contributed by atoms with Gasteiger partial charge in [0.05, 0.1) is 35.0 Å². The quantitative estimate of drug-likeness (QED) is 0.166. The van der Waals surface area contributed by atoms with Gasteiger partial charge in [-0.05, 0) is 49.2 Å². The van der Waals surface area contributed by atoms with Crippen molar-refractivity contribution in [2.24, 2.45) is 11.3 Å². The number of para-hydroxylation sites is 1. The first-order valence-electron chi connectivity index (χ1n) is 14.7. The van der Waals surface area contributed by atoms with Crippen LogP contribution in [-0.2, 0) is 9.59 Å².